The molecule has 0 aliphatic rings. The third-order valence-corrected chi connectivity index (χ3v) is 5.42. The summed E-state index contributed by atoms with van der Waals surface area (Å²) in [5.41, 5.74) is 0.997. The maximum absolute atomic E-state index is 12.1. The molecule has 1 aromatic heterocycles. The van der Waals surface area contributed by atoms with Crippen LogP contribution in [0.5, 0.6) is 0 Å². The van der Waals surface area contributed by atoms with Crippen LogP contribution in [-0.4, -0.2) is 34.8 Å². The molecule has 0 bridgehead atoms. The van der Waals surface area contributed by atoms with E-state index in [0.717, 1.165) is 0 Å². The molecule has 1 aromatic carbocycles. The summed E-state index contributed by atoms with van der Waals surface area (Å²) in [6.07, 6.45) is 2.15. The zero-order valence-corrected chi connectivity index (χ0v) is 15.9. The topological polar surface area (TPSA) is 120 Å². The number of primary sulfonamides is 1. The van der Waals surface area contributed by atoms with Crippen molar-refractivity contribution in [3.05, 3.63) is 30.1 Å². The predicted molar refractivity (Wildman–Crippen MR) is 97.0 cm³/mol. The van der Waals surface area contributed by atoms with E-state index in [0.29, 0.717) is 22.8 Å². The highest BCUT2D eigenvalue weighted by molar-refractivity contribution is 7.99. The van der Waals surface area contributed by atoms with Crippen molar-refractivity contribution in [3.8, 4) is 0 Å². The maximum Gasteiger partial charge on any atom is 0.238 e. The quantitative estimate of drug-likeness (QED) is 0.704. The number of aromatic nitrogens is 3. The fraction of sp³-hybridized carbons (Fsp3) is 0.400. The molecule has 3 N–H and O–H groups in total. The molecular weight excluding hydrogens is 362 g/mol. The number of amides is 1. The Hall–Kier alpha value is -1.91. The van der Waals surface area contributed by atoms with Gasteiger partial charge in [0, 0.05) is 11.7 Å². The van der Waals surface area contributed by atoms with E-state index in [1.165, 1.54) is 17.8 Å². The fourth-order valence-corrected chi connectivity index (χ4v) is 3.92. The maximum atomic E-state index is 12.1. The number of hydrogen-bond donors (Lipinski definition) is 2. The Kier molecular flexibility index (Phi) is 6.20. The predicted octanol–water partition coefficient (Wildman–Crippen LogP) is 1.80. The second kappa shape index (κ2) is 7.98. The molecule has 0 aliphatic heterocycles. The lowest BCUT2D eigenvalue weighted by Crippen LogP contribution is -2.17. The number of aryl methyl sites for hydroxylation is 1. The van der Waals surface area contributed by atoms with Gasteiger partial charge in [-0.3, -0.25) is 4.79 Å². The first kappa shape index (κ1) is 19.4. The summed E-state index contributed by atoms with van der Waals surface area (Å²) in [7, 11) is -3.84. The molecule has 10 heteroatoms. The molecule has 0 atom stereocenters. The summed E-state index contributed by atoms with van der Waals surface area (Å²) in [6.45, 7) is 5.83. The van der Waals surface area contributed by atoms with Gasteiger partial charge < -0.3 is 9.88 Å². The second-order valence-corrected chi connectivity index (χ2v) is 8.14. The van der Waals surface area contributed by atoms with Crippen LogP contribution in [0.15, 0.2) is 34.6 Å². The molecule has 2 aromatic rings. The Labute approximate surface area is 151 Å². The summed E-state index contributed by atoms with van der Waals surface area (Å²) >= 11 is 1.26. The number of hydrogen-bond acceptors (Lipinski definition) is 6. The summed E-state index contributed by atoms with van der Waals surface area (Å²) in [6, 6.07) is 4.89. The highest BCUT2D eigenvalue weighted by Gasteiger charge is 2.15. The van der Waals surface area contributed by atoms with Gasteiger partial charge in [-0.05, 0) is 38.0 Å². The molecule has 2 rings (SSSR count). The van der Waals surface area contributed by atoms with E-state index in [9.17, 15) is 13.2 Å². The monoisotopic (exact) mass is 383 g/mol. The number of rotatable bonds is 7. The molecule has 1 heterocycles. The number of benzene rings is 1. The minimum Gasteiger partial charge on any atom is -0.325 e. The normalized spacial score (nSPS) is 11.7. The van der Waals surface area contributed by atoms with E-state index in [2.05, 4.69) is 15.5 Å². The number of carbonyl (C=O) groups is 1. The van der Waals surface area contributed by atoms with E-state index in [-0.39, 0.29) is 22.6 Å². The first-order valence-corrected chi connectivity index (χ1v) is 10.2. The van der Waals surface area contributed by atoms with Crippen molar-refractivity contribution in [2.45, 2.75) is 43.3 Å². The van der Waals surface area contributed by atoms with Crippen molar-refractivity contribution in [2.75, 3.05) is 11.1 Å². The molecule has 0 unspecified atom stereocenters. The molecule has 1 amide bonds. The molecule has 0 fully saturated rings. The number of nitrogens with one attached hydrogen (secondary N) is 1. The lowest BCUT2D eigenvalue weighted by atomic mass is 10.1. The van der Waals surface area contributed by atoms with Crippen molar-refractivity contribution in [3.63, 3.8) is 0 Å². The van der Waals surface area contributed by atoms with Gasteiger partial charge in [-0.25, -0.2) is 13.6 Å². The van der Waals surface area contributed by atoms with Crippen molar-refractivity contribution in [2.24, 2.45) is 5.14 Å². The van der Waals surface area contributed by atoms with Crippen LogP contribution in [0.25, 0.3) is 0 Å². The molecule has 0 saturated carbocycles. The summed E-state index contributed by atoms with van der Waals surface area (Å²) in [5, 5.41) is 16.4. The molecule has 0 spiro atoms. The third-order valence-electron chi connectivity index (χ3n) is 3.47. The number of carbonyl (C=O) groups excluding carboxylic acids is 1. The van der Waals surface area contributed by atoms with Gasteiger partial charge in [-0.15, -0.1) is 10.2 Å². The van der Waals surface area contributed by atoms with Gasteiger partial charge in [0.2, 0.25) is 15.9 Å². The van der Waals surface area contributed by atoms with Gasteiger partial charge in [0.15, 0.2) is 5.16 Å². The van der Waals surface area contributed by atoms with E-state index >= 15 is 0 Å². The zero-order chi connectivity index (χ0) is 18.6. The Bertz CT molecular complexity index is 862. The van der Waals surface area contributed by atoms with Crippen LogP contribution in [0, 0.1) is 0 Å². The Morgan fingerprint density at radius 3 is 2.72 bits per heavy atom. The molecule has 0 aliphatic carbocycles. The standard InChI is InChI=1S/C15H21N5O3S2/c1-4-11-5-6-12(7-13(11)25(16,22)23)18-14(21)8-24-15-19-17-9-20(15)10(2)3/h5-7,9-10H,4,8H2,1-3H3,(H,18,21)(H2,16,22,23). The first-order chi connectivity index (χ1) is 11.7. The summed E-state index contributed by atoms with van der Waals surface area (Å²) in [5.74, 6) is -0.140. The van der Waals surface area contributed by atoms with Crippen molar-refractivity contribution >= 4 is 33.4 Å². The lowest BCUT2D eigenvalue weighted by Gasteiger charge is -2.11. The van der Waals surface area contributed by atoms with E-state index in [1.54, 1.807) is 18.5 Å². The molecule has 25 heavy (non-hydrogen) atoms. The number of thioether (sulfide) groups is 1. The number of anilines is 1. The summed E-state index contributed by atoms with van der Waals surface area (Å²) in [4.78, 5) is 12.2. The van der Waals surface area contributed by atoms with Crippen LogP contribution in [0.3, 0.4) is 0 Å². The third kappa shape index (κ3) is 5.03. The fourth-order valence-electron chi connectivity index (χ4n) is 2.21. The minimum absolute atomic E-state index is 0.0278. The van der Waals surface area contributed by atoms with Crippen LogP contribution < -0.4 is 10.5 Å². The van der Waals surface area contributed by atoms with Gasteiger partial charge in [0.25, 0.3) is 0 Å². The number of sulfonamides is 1. The van der Waals surface area contributed by atoms with Gasteiger partial charge in [-0.1, -0.05) is 24.8 Å². The van der Waals surface area contributed by atoms with Gasteiger partial charge in [0.05, 0.1) is 10.6 Å². The Morgan fingerprint density at radius 2 is 2.12 bits per heavy atom. The van der Waals surface area contributed by atoms with Gasteiger partial charge in [0.1, 0.15) is 6.33 Å². The average molecular weight is 383 g/mol. The molecule has 0 saturated heterocycles. The second-order valence-electron chi connectivity index (χ2n) is 5.67. The van der Waals surface area contributed by atoms with Crippen molar-refractivity contribution in [1.29, 1.82) is 0 Å². The smallest absolute Gasteiger partial charge is 0.238 e. The largest absolute Gasteiger partial charge is 0.325 e. The zero-order valence-electron chi connectivity index (χ0n) is 14.3. The Balaban J connectivity index is 2.07. The molecular formula is C15H21N5O3S2. The average Bonchev–Trinajstić information content (AvgIpc) is 3.01. The molecule has 136 valence electrons. The van der Waals surface area contributed by atoms with Crippen LogP contribution in [0.1, 0.15) is 32.4 Å². The Morgan fingerprint density at radius 1 is 1.40 bits per heavy atom. The van der Waals surface area contributed by atoms with Crippen LogP contribution in [-0.2, 0) is 21.2 Å². The van der Waals surface area contributed by atoms with E-state index in [4.69, 9.17) is 5.14 Å². The number of nitrogens with zero attached hydrogens (tertiary/aromatic N) is 3. The van der Waals surface area contributed by atoms with Crippen molar-refractivity contribution in [1.82, 2.24) is 14.8 Å². The van der Waals surface area contributed by atoms with E-state index in [1.807, 2.05) is 25.3 Å². The van der Waals surface area contributed by atoms with Crippen LogP contribution >= 0.6 is 11.8 Å². The van der Waals surface area contributed by atoms with Gasteiger partial charge in [-0.2, -0.15) is 0 Å². The van der Waals surface area contributed by atoms with E-state index < -0.39 is 10.0 Å². The highest BCUT2D eigenvalue weighted by atomic mass is 32.2. The highest BCUT2D eigenvalue weighted by Crippen LogP contribution is 2.22. The first-order valence-electron chi connectivity index (χ1n) is 7.70. The van der Waals surface area contributed by atoms with Crippen LogP contribution in [0.2, 0.25) is 0 Å². The minimum atomic E-state index is -3.84. The SMILES string of the molecule is CCc1ccc(NC(=O)CSc2nncn2C(C)C)cc1S(N)(=O)=O. The summed E-state index contributed by atoms with van der Waals surface area (Å²) < 4.78 is 25.2. The molecule has 0 radical (unpaired) electrons. The van der Waals surface area contributed by atoms with Crippen LogP contribution in [0.4, 0.5) is 5.69 Å². The lowest BCUT2D eigenvalue weighted by molar-refractivity contribution is -0.113. The van der Waals surface area contributed by atoms with Crippen molar-refractivity contribution < 1.29 is 13.2 Å². The molecule has 8 nitrogen and oxygen atoms in total. The number of nitrogens with two attached hydrogens (primary N) is 1. The van der Waals surface area contributed by atoms with Gasteiger partial charge >= 0.3 is 0 Å².